The molecule has 3 rings (SSSR count). The van der Waals surface area contributed by atoms with Crippen molar-refractivity contribution in [3.05, 3.63) is 54.1 Å². The van der Waals surface area contributed by atoms with Gasteiger partial charge in [0.05, 0.1) is 0 Å². The zero-order valence-electron chi connectivity index (χ0n) is 15.7. The molecular weight excluding hydrogens is 340 g/mol. The molecule has 3 amide bonds. The second kappa shape index (κ2) is 8.68. The van der Waals surface area contributed by atoms with E-state index in [1.165, 1.54) is 0 Å². The lowest BCUT2D eigenvalue weighted by molar-refractivity contribution is -0.120. The topological polar surface area (TPSA) is 82.3 Å². The SMILES string of the molecule is Cc1ccc(NC(=O)Nc2ccccc2)cc1NC(=O)[C@H]1CCN[C@@H](C)C1. The molecule has 1 fully saturated rings. The number of para-hydroxylation sites is 1. The predicted octanol–water partition coefficient (Wildman–Crippen LogP) is 3.97. The van der Waals surface area contributed by atoms with Gasteiger partial charge in [-0.05, 0) is 63.1 Å². The first-order valence-electron chi connectivity index (χ1n) is 9.29. The second-order valence-electron chi connectivity index (χ2n) is 7.04. The van der Waals surface area contributed by atoms with Crippen LogP contribution in [0, 0.1) is 12.8 Å². The second-order valence-corrected chi connectivity index (χ2v) is 7.04. The van der Waals surface area contributed by atoms with Crippen LogP contribution in [0.3, 0.4) is 0 Å². The quantitative estimate of drug-likeness (QED) is 0.661. The Hall–Kier alpha value is -2.86. The van der Waals surface area contributed by atoms with Gasteiger partial charge in [-0.1, -0.05) is 24.3 Å². The summed E-state index contributed by atoms with van der Waals surface area (Å²) in [4.78, 5) is 24.8. The number of rotatable bonds is 4. The summed E-state index contributed by atoms with van der Waals surface area (Å²) in [5.74, 6) is 0.0518. The number of piperidine rings is 1. The zero-order valence-corrected chi connectivity index (χ0v) is 15.7. The molecule has 2 aromatic rings. The van der Waals surface area contributed by atoms with E-state index in [0.717, 1.165) is 36.3 Å². The third kappa shape index (κ3) is 5.31. The molecule has 0 bridgehead atoms. The highest BCUT2D eigenvalue weighted by Gasteiger charge is 2.25. The van der Waals surface area contributed by atoms with E-state index in [0.29, 0.717) is 11.7 Å². The summed E-state index contributed by atoms with van der Waals surface area (Å²) >= 11 is 0. The summed E-state index contributed by atoms with van der Waals surface area (Å²) in [5, 5.41) is 12.0. The Morgan fingerprint density at radius 3 is 2.48 bits per heavy atom. The van der Waals surface area contributed by atoms with E-state index in [1.807, 2.05) is 49.4 Å². The minimum absolute atomic E-state index is 0.0126. The third-order valence-electron chi connectivity index (χ3n) is 4.78. The molecule has 27 heavy (non-hydrogen) atoms. The molecule has 0 aromatic heterocycles. The number of anilines is 3. The molecule has 142 valence electrons. The van der Waals surface area contributed by atoms with E-state index in [1.54, 1.807) is 6.07 Å². The number of hydrogen-bond acceptors (Lipinski definition) is 3. The van der Waals surface area contributed by atoms with Gasteiger partial charge in [-0.3, -0.25) is 4.79 Å². The van der Waals surface area contributed by atoms with Gasteiger partial charge in [0.15, 0.2) is 0 Å². The highest BCUT2D eigenvalue weighted by Crippen LogP contribution is 2.23. The fourth-order valence-corrected chi connectivity index (χ4v) is 3.25. The number of amides is 3. The van der Waals surface area contributed by atoms with Crippen molar-refractivity contribution in [1.29, 1.82) is 0 Å². The summed E-state index contributed by atoms with van der Waals surface area (Å²) in [6, 6.07) is 14.8. The van der Waals surface area contributed by atoms with E-state index in [2.05, 4.69) is 28.2 Å². The number of nitrogens with one attached hydrogen (secondary N) is 4. The van der Waals surface area contributed by atoms with Crippen molar-refractivity contribution in [1.82, 2.24) is 5.32 Å². The summed E-state index contributed by atoms with van der Waals surface area (Å²) in [5.41, 5.74) is 3.03. The minimum atomic E-state index is -0.325. The van der Waals surface area contributed by atoms with Gasteiger partial charge >= 0.3 is 6.03 Å². The smallest absolute Gasteiger partial charge is 0.323 e. The maximum Gasteiger partial charge on any atom is 0.323 e. The van der Waals surface area contributed by atoms with Gasteiger partial charge in [0, 0.05) is 29.0 Å². The number of aryl methyl sites for hydroxylation is 1. The van der Waals surface area contributed by atoms with Gasteiger partial charge in [0.1, 0.15) is 0 Å². The molecule has 6 heteroatoms. The van der Waals surface area contributed by atoms with Crippen molar-refractivity contribution in [3.63, 3.8) is 0 Å². The standard InChI is InChI=1S/C21H26N4O2/c1-14-8-9-18(24-21(27)23-17-6-4-3-5-7-17)13-19(14)25-20(26)16-10-11-22-15(2)12-16/h3-9,13,15-16,22H,10-12H2,1-2H3,(H,25,26)(H2,23,24,27)/t15-,16-/m0/s1. The molecule has 1 heterocycles. The van der Waals surface area contributed by atoms with E-state index in [-0.39, 0.29) is 17.9 Å². The van der Waals surface area contributed by atoms with Crippen molar-refractivity contribution in [2.75, 3.05) is 22.5 Å². The maximum absolute atomic E-state index is 12.6. The molecule has 6 nitrogen and oxygen atoms in total. The molecule has 2 aromatic carbocycles. The van der Waals surface area contributed by atoms with Crippen molar-refractivity contribution in [2.24, 2.45) is 5.92 Å². The van der Waals surface area contributed by atoms with Gasteiger partial charge in [-0.25, -0.2) is 4.79 Å². The maximum atomic E-state index is 12.6. The van der Waals surface area contributed by atoms with Crippen LogP contribution in [0.4, 0.5) is 21.9 Å². The lowest BCUT2D eigenvalue weighted by Crippen LogP contribution is -2.40. The van der Waals surface area contributed by atoms with Crippen LogP contribution in [-0.4, -0.2) is 24.5 Å². The van der Waals surface area contributed by atoms with Crippen molar-refractivity contribution < 1.29 is 9.59 Å². The Morgan fingerprint density at radius 1 is 1.00 bits per heavy atom. The molecule has 0 spiro atoms. The van der Waals surface area contributed by atoms with Gasteiger partial charge in [0.25, 0.3) is 0 Å². The predicted molar refractivity (Wildman–Crippen MR) is 109 cm³/mol. The van der Waals surface area contributed by atoms with Gasteiger partial charge < -0.3 is 21.3 Å². The number of hydrogen-bond donors (Lipinski definition) is 4. The van der Waals surface area contributed by atoms with Crippen molar-refractivity contribution >= 4 is 29.0 Å². The largest absolute Gasteiger partial charge is 0.326 e. The average molecular weight is 366 g/mol. The Bertz CT molecular complexity index is 807. The van der Waals surface area contributed by atoms with Crippen LogP contribution >= 0.6 is 0 Å². The van der Waals surface area contributed by atoms with Crippen LogP contribution in [0.2, 0.25) is 0 Å². The normalized spacial score (nSPS) is 19.2. The highest BCUT2D eigenvalue weighted by atomic mass is 16.2. The monoisotopic (exact) mass is 366 g/mol. The number of urea groups is 1. The Balaban J connectivity index is 1.63. The first-order chi connectivity index (χ1) is 13.0. The van der Waals surface area contributed by atoms with Crippen LogP contribution in [-0.2, 0) is 4.79 Å². The summed E-state index contributed by atoms with van der Waals surface area (Å²) in [7, 11) is 0. The van der Waals surface area contributed by atoms with Crippen molar-refractivity contribution in [2.45, 2.75) is 32.7 Å². The summed E-state index contributed by atoms with van der Waals surface area (Å²) in [6.45, 7) is 4.90. The average Bonchev–Trinajstić information content (AvgIpc) is 2.65. The lowest BCUT2D eigenvalue weighted by atomic mass is 9.92. The highest BCUT2D eigenvalue weighted by molar-refractivity contribution is 6.00. The van der Waals surface area contributed by atoms with E-state index in [4.69, 9.17) is 0 Å². The lowest BCUT2D eigenvalue weighted by Gasteiger charge is -2.27. The number of benzene rings is 2. The van der Waals surface area contributed by atoms with Gasteiger partial charge in [-0.15, -0.1) is 0 Å². The van der Waals surface area contributed by atoms with Crippen molar-refractivity contribution in [3.8, 4) is 0 Å². The molecule has 0 aliphatic carbocycles. The molecule has 1 aliphatic rings. The van der Waals surface area contributed by atoms with Crippen LogP contribution < -0.4 is 21.3 Å². The molecule has 2 atom stereocenters. The third-order valence-corrected chi connectivity index (χ3v) is 4.78. The van der Waals surface area contributed by atoms with E-state index in [9.17, 15) is 9.59 Å². The van der Waals surface area contributed by atoms with Gasteiger partial charge in [0.2, 0.25) is 5.91 Å². The van der Waals surface area contributed by atoms with Gasteiger partial charge in [-0.2, -0.15) is 0 Å². The van der Waals surface area contributed by atoms with Crippen LogP contribution in [0.25, 0.3) is 0 Å². The minimum Gasteiger partial charge on any atom is -0.326 e. The first kappa shape index (κ1) is 18.9. The fraction of sp³-hybridized carbons (Fsp3) is 0.333. The summed E-state index contributed by atoms with van der Waals surface area (Å²) in [6.07, 6.45) is 1.68. The van der Waals surface area contributed by atoms with E-state index < -0.39 is 0 Å². The van der Waals surface area contributed by atoms with Crippen LogP contribution in [0.1, 0.15) is 25.3 Å². The van der Waals surface area contributed by atoms with Crippen LogP contribution in [0.5, 0.6) is 0 Å². The van der Waals surface area contributed by atoms with E-state index >= 15 is 0 Å². The molecule has 0 radical (unpaired) electrons. The molecule has 0 saturated carbocycles. The Labute approximate surface area is 159 Å². The molecule has 1 saturated heterocycles. The summed E-state index contributed by atoms with van der Waals surface area (Å²) < 4.78 is 0. The number of carbonyl (C=O) groups excluding carboxylic acids is 2. The molecule has 4 N–H and O–H groups in total. The fourth-order valence-electron chi connectivity index (χ4n) is 3.25. The molecule has 1 aliphatic heterocycles. The first-order valence-corrected chi connectivity index (χ1v) is 9.29. The van der Waals surface area contributed by atoms with Crippen LogP contribution in [0.15, 0.2) is 48.5 Å². The molecule has 0 unspecified atom stereocenters. The zero-order chi connectivity index (χ0) is 19.2. The Kier molecular flexibility index (Phi) is 6.08. The molecular formula is C21H26N4O2. The Morgan fingerprint density at radius 2 is 1.74 bits per heavy atom. The number of carbonyl (C=O) groups is 2.